The largest absolute Gasteiger partial charge is 0.376 e. The molecule has 32 heavy (non-hydrogen) atoms. The summed E-state index contributed by atoms with van der Waals surface area (Å²) in [5.74, 6) is -1.04. The molecule has 0 spiro atoms. The van der Waals surface area contributed by atoms with Crippen molar-refractivity contribution < 1.29 is 18.7 Å². The van der Waals surface area contributed by atoms with Crippen molar-refractivity contribution in [3.05, 3.63) is 59.9 Å². The average Bonchev–Trinajstić information content (AvgIpc) is 3.47. The van der Waals surface area contributed by atoms with Gasteiger partial charge in [0, 0.05) is 12.3 Å². The molecule has 1 aliphatic rings. The minimum Gasteiger partial charge on any atom is -0.376 e. The van der Waals surface area contributed by atoms with Gasteiger partial charge in [-0.05, 0) is 59.7 Å². The highest BCUT2D eigenvalue weighted by Gasteiger charge is 2.20. The number of rotatable bonds is 8. The van der Waals surface area contributed by atoms with Gasteiger partial charge in [0.2, 0.25) is 11.1 Å². The standard InChI is InChI=1S/C21H21FN6O3S/c22-14-7-9-15(10-8-14)23-20(30)17-5-1-2-6-18(17)24-19(29)13-32-21-25-26-27-28(21)12-16-4-3-11-31-16/h1-2,5-10,16H,3-4,11-13H2,(H,23,30)(H,24,29)/t16-/m0/s1. The first-order valence-electron chi connectivity index (χ1n) is 10.0. The third-order valence-electron chi connectivity index (χ3n) is 4.78. The summed E-state index contributed by atoms with van der Waals surface area (Å²) in [7, 11) is 0. The molecule has 1 fully saturated rings. The lowest BCUT2D eigenvalue weighted by molar-refractivity contribution is -0.113. The molecule has 1 aliphatic heterocycles. The average molecular weight is 457 g/mol. The number of nitrogens with one attached hydrogen (secondary N) is 2. The topological polar surface area (TPSA) is 111 Å². The molecule has 3 aromatic rings. The number of para-hydroxylation sites is 1. The van der Waals surface area contributed by atoms with Gasteiger partial charge in [-0.15, -0.1) is 5.10 Å². The lowest BCUT2D eigenvalue weighted by Crippen LogP contribution is -2.20. The number of thioether (sulfide) groups is 1. The lowest BCUT2D eigenvalue weighted by atomic mass is 10.1. The molecule has 2 amide bonds. The molecular formula is C21H21FN6O3S. The van der Waals surface area contributed by atoms with Gasteiger partial charge in [-0.25, -0.2) is 9.07 Å². The van der Waals surface area contributed by atoms with Gasteiger partial charge in [-0.2, -0.15) is 0 Å². The summed E-state index contributed by atoms with van der Waals surface area (Å²) in [6, 6.07) is 12.1. The summed E-state index contributed by atoms with van der Waals surface area (Å²) in [5, 5.41) is 17.6. The number of hydrogen-bond acceptors (Lipinski definition) is 7. The van der Waals surface area contributed by atoms with Gasteiger partial charge < -0.3 is 15.4 Å². The number of amides is 2. The Kier molecular flexibility index (Phi) is 7.07. The first-order chi connectivity index (χ1) is 15.6. The molecule has 2 heterocycles. The van der Waals surface area contributed by atoms with Gasteiger partial charge in [0.15, 0.2) is 0 Å². The molecule has 9 nitrogen and oxygen atoms in total. The fourth-order valence-corrected chi connectivity index (χ4v) is 3.92. The van der Waals surface area contributed by atoms with E-state index in [0.717, 1.165) is 19.4 Å². The zero-order valence-electron chi connectivity index (χ0n) is 17.0. The lowest BCUT2D eigenvalue weighted by Gasteiger charge is -2.12. The molecule has 0 saturated carbocycles. The van der Waals surface area contributed by atoms with Crippen LogP contribution in [-0.2, 0) is 16.1 Å². The number of tetrazole rings is 1. The Morgan fingerprint density at radius 1 is 1.16 bits per heavy atom. The Morgan fingerprint density at radius 2 is 1.97 bits per heavy atom. The number of hydrogen-bond donors (Lipinski definition) is 2. The van der Waals surface area contributed by atoms with E-state index in [2.05, 4.69) is 26.2 Å². The van der Waals surface area contributed by atoms with Crippen LogP contribution in [0.4, 0.5) is 15.8 Å². The van der Waals surface area contributed by atoms with Gasteiger partial charge in [0.25, 0.3) is 5.91 Å². The molecule has 2 N–H and O–H groups in total. The molecule has 2 aromatic carbocycles. The number of benzene rings is 2. The smallest absolute Gasteiger partial charge is 0.257 e. The fourth-order valence-electron chi connectivity index (χ4n) is 3.23. The predicted molar refractivity (Wildman–Crippen MR) is 117 cm³/mol. The van der Waals surface area contributed by atoms with E-state index in [0.29, 0.717) is 28.6 Å². The summed E-state index contributed by atoms with van der Waals surface area (Å²) in [6.07, 6.45) is 2.06. The Bertz CT molecular complexity index is 1090. The summed E-state index contributed by atoms with van der Waals surface area (Å²) in [4.78, 5) is 25.2. The Morgan fingerprint density at radius 3 is 2.75 bits per heavy atom. The van der Waals surface area contributed by atoms with Gasteiger partial charge in [0.1, 0.15) is 5.82 Å². The minimum absolute atomic E-state index is 0.0693. The van der Waals surface area contributed by atoms with E-state index in [1.165, 1.54) is 36.0 Å². The van der Waals surface area contributed by atoms with E-state index in [1.807, 2.05) is 0 Å². The molecular weight excluding hydrogens is 435 g/mol. The van der Waals surface area contributed by atoms with Gasteiger partial charge in [-0.1, -0.05) is 23.9 Å². The van der Waals surface area contributed by atoms with Crippen LogP contribution in [0.15, 0.2) is 53.7 Å². The van der Waals surface area contributed by atoms with Crippen molar-refractivity contribution in [1.82, 2.24) is 20.2 Å². The number of carbonyl (C=O) groups is 2. The maximum atomic E-state index is 13.1. The molecule has 0 unspecified atom stereocenters. The summed E-state index contributed by atoms with van der Waals surface area (Å²) in [6.45, 7) is 1.29. The Labute approximate surface area is 187 Å². The number of halogens is 1. The highest BCUT2D eigenvalue weighted by molar-refractivity contribution is 7.99. The van der Waals surface area contributed by atoms with Crippen LogP contribution in [0.2, 0.25) is 0 Å². The Balaban J connectivity index is 1.35. The van der Waals surface area contributed by atoms with Crippen LogP contribution in [0, 0.1) is 5.82 Å². The van der Waals surface area contributed by atoms with Crippen molar-refractivity contribution in [2.75, 3.05) is 23.0 Å². The zero-order valence-corrected chi connectivity index (χ0v) is 17.8. The maximum Gasteiger partial charge on any atom is 0.257 e. The Hall–Kier alpha value is -3.31. The van der Waals surface area contributed by atoms with Crippen molar-refractivity contribution in [1.29, 1.82) is 0 Å². The number of nitrogens with zero attached hydrogens (tertiary/aromatic N) is 4. The van der Waals surface area contributed by atoms with Crippen LogP contribution in [0.3, 0.4) is 0 Å². The highest BCUT2D eigenvalue weighted by atomic mass is 32.2. The van der Waals surface area contributed by atoms with Crippen molar-refractivity contribution in [3.63, 3.8) is 0 Å². The van der Waals surface area contributed by atoms with Gasteiger partial charge in [0.05, 0.1) is 29.7 Å². The second-order valence-electron chi connectivity index (χ2n) is 7.12. The third-order valence-corrected chi connectivity index (χ3v) is 5.74. The minimum atomic E-state index is -0.416. The zero-order chi connectivity index (χ0) is 22.3. The summed E-state index contributed by atoms with van der Waals surface area (Å²) < 4.78 is 20.3. The van der Waals surface area contributed by atoms with Crippen molar-refractivity contribution in [3.8, 4) is 0 Å². The van der Waals surface area contributed by atoms with Crippen molar-refractivity contribution >= 4 is 35.0 Å². The van der Waals surface area contributed by atoms with E-state index < -0.39 is 11.7 Å². The van der Waals surface area contributed by atoms with E-state index >= 15 is 0 Å². The molecule has 1 atom stereocenters. The molecule has 1 aromatic heterocycles. The van der Waals surface area contributed by atoms with E-state index in [1.54, 1.807) is 28.9 Å². The maximum absolute atomic E-state index is 13.1. The SMILES string of the molecule is O=C(CSc1nnnn1C[C@@H]1CCCO1)Nc1ccccc1C(=O)Nc1ccc(F)cc1. The number of ether oxygens (including phenoxy) is 1. The second-order valence-corrected chi connectivity index (χ2v) is 8.06. The van der Waals surface area contributed by atoms with Gasteiger partial charge >= 0.3 is 0 Å². The number of aromatic nitrogens is 4. The molecule has 1 saturated heterocycles. The van der Waals surface area contributed by atoms with Crippen LogP contribution in [0.1, 0.15) is 23.2 Å². The molecule has 0 bridgehead atoms. The van der Waals surface area contributed by atoms with E-state index in [4.69, 9.17) is 4.74 Å². The van der Waals surface area contributed by atoms with Crippen LogP contribution in [0.25, 0.3) is 0 Å². The second kappa shape index (κ2) is 10.3. The normalized spacial score (nSPS) is 15.5. The van der Waals surface area contributed by atoms with E-state index in [9.17, 15) is 14.0 Å². The summed E-state index contributed by atoms with van der Waals surface area (Å²) in [5.41, 5.74) is 1.11. The first kappa shape index (κ1) is 21.9. The highest BCUT2D eigenvalue weighted by Crippen LogP contribution is 2.21. The summed E-state index contributed by atoms with van der Waals surface area (Å²) >= 11 is 1.21. The third kappa shape index (κ3) is 5.68. The molecule has 0 radical (unpaired) electrons. The van der Waals surface area contributed by atoms with Crippen molar-refractivity contribution in [2.24, 2.45) is 0 Å². The monoisotopic (exact) mass is 456 g/mol. The van der Waals surface area contributed by atoms with E-state index in [-0.39, 0.29) is 17.8 Å². The fraction of sp³-hybridized carbons (Fsp3) is 0.286. The first-order valence-corrected chi connectivity index (χ1v) is 11.0. The molecule has 0 aliphatic carbocycles. The molecule has 11 heteroatoms. The number of carbonyl (C=O) groups excluding carboxylic acids is 2. The van der Waals surface area contributed by atoms with Crippen LogP contribution >= 0.6 is 11.8 Å². The molecule has 4 rings (SSSR count). The quantitative estimate of drug-likeness (QED) is 0.501. The van der Waals surface area contributed by atoms with Crippen LogP contribution in [-0.4, -0.2) is 50.5 Å². The van der Waals surface area contributed by atoms with Gasteiger partial charge in [-0.3, -0.25) is 9.59 Å². The predicted octanol–water partition coefficient (Wildman–Crippen LogP) is 2.97. The van der Waals surface area contributed by atoms with Crippen LogP contribution < -0.4 is 10.6 Å². The van der Waals surface area contributed by atoms with Crippen LogP contribution in [0.5, 0.6) is 0 Å². The van der Waals surface area contributed by atoms with Crippen molar-refractivity contribution in [2.45, 2.75) is 30.6 Å². The molecule has 166 valence electrons. The number of anilines is 2.